The fourth-order valence-electron chi connectivity index (χ4n) is 2.88. The highest BCUT2D eigenvalue weighted by molar-refractivity contribution is 5.28. The summed E-state index contributed by atoms with van der Waals surface area (Å²) in [4.78, 5) is 3.97. The molecule has 0 amide bonds. The first-order valence-corrected chi connectivity index (χ1v) is 7.88. The van der Waals surface area contributed by atoms with Gasteiger partial charge in [0.25, 0.3) is 0 Å². The van der Waals surface area contributed by atoms with Gasteiger partial charge in [0.1, 0.15) is 0 Å². The van der Waals surface area contributed by atoms with Gasteiger partial charge in [-0.15, -0.1) is 0 Å². The Morgan fingerprint density at radius 2 is 2.14 bits per heavy atom. The molecule has 1 fully saturated rings. The number of hydrogen-bond acceptors (Lipinski definition) is 5. The molecule has 1 aromatic carbocycles. The van der Waals surface area contributed by atoms with E-state index in [-0.39, 0.29) is 6.61 Å². The number of aromatic nitrogens is 3. The molecule has 6 heteroatoms. The van der Waals surface area contributed by atoms with Crippen LogP contribution in [0.4, 0.5) is 0 Å². The minimum absolute atomic E-state index is 0.234. The number of likely N-dealkylation sites (tertiary alicyclic amines) is 1. The van der Waals surface area contributed by atoms with Crippen LogP contribution < -0.4 is 5.32 Å². The topological polar surface area (TPSA) is 66.2 Å². The molecule has 1 aromatic heterocycles. The van der Waals surface area contributed by atoms with Crippen molar-refractivity contribution in [3.05, 3.63) is 42.2 Å². The van der Waals surface area contributed by atoms with E-state index in [4.69, 9.17) is 5.11 Å². The van der Waals surface area contributed by atoms with Gasteiger partial charge in [-0.25, -0.2) is 0 Å². The van der Waals surface area contributed by atoms with Crippen molar-refractivity contribution in [2.75, 3.05) is 26.2 Å². The molecule has 0 saturated carbocycles. The van der Waals surface area contributed by atoms with E-state index >= 15 is 0 Å². The van der Waals surface area contributed by atoms with Gasteiger partial charge in [-0.2, -0.15) is 15.0 Å². The standard InChI is InChI=1S/C16H23N5O/c22-10-9-20-8-4-5-14(13-20)17-11-15-12-18-21(19-15)16-6-2-1-3-7-16/h1-3,6-7,12,14,17,22H,4-5,8-11,13H2/t14-/m0/s1. The third-order valence-electron chi connectivity index (χ3n) is 4.02. The Hall–Kier alpha value is -1.76. The molecule has 2 N–H and O–H groups in total. The molecule has 0 spiro atoms. The van der Waals surface area contributed by atoms with E-state index in [1.165, 1.54) is 12.8 Å². The Balaban J connectivity index is 1.53. The average Bonchev–Trinajstić information content (AvgIpc) is 3.04. The van der Waals surface area contributed by atoms with Gasteiger partial charge in [0, 0.05) is 25.7 Å². The normalized spacial score (nSPS) is 19.4. The number of para-hydroxylation sites is 1. The summed E-state index contributed by atoms with van der Waals surface area (Å²) in [7, 11) is 0. The molecule has 1 aliphatic heterocycles. The Morgan fingerprint density at radius 3 is 2.95 bits per heavy atom. The van der Waals surface area contributed by atoms with Crippen molar-refractivity contribution in [2.45, 2.75) is 25.4 Å². The van der Waals surface area contributed by atoms with Crippen LogP contribution in [-0.4, -0.2) is 57.3 Å². The fraction of sp³-hybridized carbons (Fsp3) is 0.500. The number of aliphatic hydroxyl groups is 1. The smallest absolute Gasteiger partial charge is 0.0969 e. The van der Waals surface area contributed by atoms with Gasteiger partial charge in [0.2, 0.25) is 0 Å². The molecular formula is C16H23N5O. The van der Waals surface area contributed by atoms with Gasteiger partial charge in [0.05, 0.1) is 24.2 Å². The maximum atomic E-state index is 9.04. The third-order valence-corrected chi connectivity index (χ3v) is 4.02. The molecule has 3 rings (SSSR count). The summed E-state index contributed by atoms with van der Waals surface area (Å²) in [6.07, 6.45) is 4.16. The lowest BCUT2D eigenvalue weighted by Gasteiger charge is -2.32. The van der Waals surface area contributed by atoms with Crippen LogP contribution in [0.2, 0.25) is 0 Å². The highest BCUT2D eigenvalue weighted by Gasteiger charge is 2.19. The molecule has 6 nitrogen and oxygen atoms in total. The summed E-state index contributed by atoms with van der Waals surface area (Å²) in [6, 6.07) is 10.4. The van der Waals surface area contributed by atoms with Gasteiger partial charge in [-0.1, -0.05) is 18.2 Å². The molecule has 0 bridgehead atoms. The van der Waals surface area contributed by atoms with E-state index in [1.807, 2.05) is 36.5 Å². The molecule has 0 radical (unpaired) electrons. The number of nitrogens with zero attached hydrogens (tertiary/aromatic N) is 4. The summed E-state index contributed by atoms with van der Waals surface area (Å²) in [5, 5.41) is 21.4. The summed E-state index contributed by atoms with van der Waals surface area (Å²) in [5.41, 5.74) is 1.92. The van der Waals surface area contributed by atoms with Crippen molar-refractivity contribution < 1.29 is 5.11 Å². The van der Waals surface area contributed by atoms with Gasteiger partial charge in [0.15, 0.2) is 0 Å². The summed E-state index contributed by atoms with van der Waals surface area (Å²) in [6.45, 7) is 3.81. The first-order valence-electron chi connectivity index (χ1n) is 7.88. The molecule has 118 valence electrons. The number of benzene rings is 1. The van der Waals surface area contributed by atoms with Crippen molar-refractivity contribution in [3.63, 3.8) is 0 Å². The maximum Gasteiger partial charge on any atom is 0.0969 e. The SMILES string of the molecule is OCCN1CCC[C@H](NCc2cnn(-c3ccccc3)n2)C1. The summed E-state index contributed by atoms with van der Waals surface area (Å²) < 4.78 is 0. The van der Waals surface area contributed by atoms with Crippen LogP contribution in [0.25, 0.3) is 5.69 Å². The van der Waals surface area contributed by atoms with E-state index in [0.717, 1.165) is 37.6 Å². The lowest BCUT2D eigenvalue weighted by atomic mass is 10.1. The van der Waals surface area contributed by atoms with Crippen molar-refractivity contribution in [1.82, 2.24) is 25.2 Å². The number of β-amino-alcohol motifs (C(OH)–C–C–N with tert-alkyl or cyclic N) is 1. The zero-order chi connectivity index (χ0) is 15.2. The quantitative estimate of drug-likeness (QED) is 0.827. The molecule has 1 atom stereocenters. The van der Waals surface area contributed by atoms with E-state index < -0.39 is 0 Å². The van der Waals surface area contributed by atoms with Crippen LogP contribution in [-0.2, 0) is 6.54 Å². The molecule has 0 unspecified atom stereocenters. The molecule has 2 aromatic rings. The van der Waals surface area contributed by atoms with Crippen molar-refractivity contribution in [3.8, 4) is 5.69 Å². The number of rotatable bonds is 6. The number of nitrogens with one attached hydrogen (secondary N) is 1. The van der Waals surface area contributed by atoms with E-state index in [0.29, 0.717) is 6.04 Å². The van der Waals surface area contributed by atoms with Gasteiger partial charge in [-0.3, -0.25) is 4.90 Å². The second kappa shape index (κ2) is 7.49. The summed E-state index contributed by atoms with van der Waals surface area (Å²) >= 11 is 0. The highest BCUT2D eigenvalue weighted by atomic mass is 16.3. The zero-order valence-corrected chi connectivity index (χ0v) is 12.7. The Morgan fingerprint density at radius 1 is 1.27 bits per heavy atom. The highest BCUT2D eigenvalue weighted by Crippen LogP contribution is 2.10. The van der Waals surface area contributed by atoms with Gasteiger partial charge >= 0.3 is 0 Å². The monoisotopic (exact) mass is 301 g/mol. The van der Waals surface area contributed by atoms with Crippen LogP contribution in [0.5, 0.6) is 0 Å². The third kappa shape index (κ3) is 3.91. The molecule has 1 aliphatic rings. The molecule has 0 aliphatic carbocycles. The summed E-state index contributed by atoms with van der Waals surface area (Å²) in [5.74, 6) is 0. The molecule has 1 saturated heterocycles. The zero-order valence-electron chi connectivity index (χ0n) is 12.7. The molecular weight excluding hydrogens is 278 g/mol. The second-order valence-electron chi connectivity index (χ2n) is 5.71. The van der Waals surface area contributed by atoms with Gasteiger partial charge < -0.3 is 10.4 Å². The maximum absolute atomic E-state index is 9.04. The van der Waals surface area contributed by atoms with Crippen LogP contribution in [0, 0.1) is 0 Å². The van der Waals surface area contributed by atoms with Crippen molar-refractivity contribution in [2.24, 2.45) is 0 Å². The van der Waals surface area contributed by atoms with Crippen LogP contribution >= 0.6 is 0 Å². The second-order valence-corrected chi connectivity index (χ2v) is 5.71. The Bertz CT molecular complexity index is 569. The van der Waals surface area contributed by atoms with E-state index in [9.17, 15) is 0 Å². The Kier molecular flexibility index (Phi) is 5.15. The minimum atomic E-state index is 0.234. The predicted octanol–water partition coefficient (Wildman–Crippen LogP) is 0.814. The van der Waals surface area contributed by atoms with E-state index in [2.05, 4.69) is 20.4 Å². The number of hydrogen-bond donors (Lipinski definition) is 2. The van der Waals surface area contributed by atoms with Crippen molar-refractivity contribution in [1.29, 1.82) is 0 Å². The number of piperidine rings is 1. The van der Waals surface area contributed by atoms with Crippen LogP contribution in [0.3, 0.4) is 0 Å². The largest absolute Gasteiger partial charge is 0.395 e. The molecule has 22 heavy (non-hydrogen) atoms. The lowest BCUT2D eigenvalue weighted by Crippen LogP contribution is -2.46. The number of aliphatic hydroxyl groups excluding tert-OH is 1. The van der Waals surface area contributed by atoms with Crippen LogP contribution in [0.1, 0.15) is 18.5 Å². The first-order chi connectivity index (χ1) is 10.8. The van der Waals surface area contributed by atoms with Crippen molar-refractivity contribution >= 4 is 0 Å². The minimum Gasteiger partial charge on any atom is -0.395 e. The Labute approximate surface area is 130 Å². The van der Waals surface area contributed by atoms with Crippen LogP contribution in [0.15, 0.2) is 36.5 Å². The predicted molar refractivity (Wildman–Crippen MR) is 84.7 cm³/mol. The first kappa shape index (κ1) is 15.1. The van der Waals surface area contributed by atoms with Gasteiger partial charge in [-0.05, 0) is 31.5 Å². The molecule has 2 heterocycles. The average molecular weight is 301 g/mol. The van der Waals surface area contributed by atoms with E-state index in [1.54, 1.807) is 4.80 Å². The lowest BCUT2D eigenvalue weighted by molar-refractivity contribution is 0.151. The fourth-order valence-corrected chi connectivity index (χ4v) is 2.88.